The second-order valence-electron chi connectivity index (χ2n) is 12.1. The fourth-order valence-corrected chi connectivity index (χ4v) is 6.65. The maximum atomic E-state index is 5.29. The first kappa shape index (κ1) is 31.2. The molecule has 6 aromatic rings. The lowest BCUT2D eigenvalue weighted by Gasteiger charge is -2.16. The molecular formula is C44H44N2. The van der Waals surface area contributed by atoms with Crippen molar-refractivity contribution in [2.75, 3.05) is 0 Å². The maximum Gasteiger partial charge on any atom is 0.0697 e. The second kappa shape index (κ2) is 13.7. The molecule has 0 saturated heterocycles. The minimum atomic E-state index is 0.920. The SMILES string of the molecule is CCc1cc(-c2cccc3ccccc23)cc(CC)c1N=C(C)C(C)=Nc1c(CC)cc(-c2cccc3ccccc23)cc1CC. The summed E-state index contributed by atoms with van der Waals surface area (Å²) < 4.78 is 0. The van der Waals surface area contributed by atoms with Crippen molar-refractivity contribution in [2.24, 2.45) is 9.98 Å². The van der Waals surface area contributed by atoms with Crippen molar-refractivity contribution in [3.05, 3.63) is 131 Å². The molecule has 0 atom stereocenters. The first-order valence-electron chi connectivity index (χ1n) is 16.8. The highest BCUT2D eigenvalue weighted by molar-refractivity contribution is 6.41. The van der Waals surface area contributed by atoms with Crippen molar-refractivity contribution in [3.8, 4) is 22.3 Å². The zero-order valence-electron chi connectivity index (χ0n) is 28.1. The van der Waals surface area contributed by atoms with E-state index in [4.69, 9.17) is 9.98 Å². The minimum Gasteiger partial charge on any atom is -0.251 e. The van der Waals surface area contributed by atoms with E-state index in [1.165, 1.54) is 66.1 Å². The number of benzene rings is 6. The van der Waals surface area contributed by atoms with Crippen LogP contribution in [0.15, 0.2) is 119 Å². The van der Waals surface area contributed by atoms with Gasteiger partial charge in [-0.05, 0) is 130 Å². The Labute approximate surface area is 274 Å². The summed E-state index contributed by atoms with van der Waals surface area (Å²) in [6.07, 6.45) is 3.68. The third-order valence-corrected chi connectivity index (χ3v) is 9.34. The molecule has 0 radical (unpaired) electrons. The molecule has 2 heteroatoms. The second-order valence-corrected chi connectivity index (χ2v) is 12.1. The van der Waals surface area contributed by atoms with E-state index < -0.39 is 0 Å². The van der Waals surface area contributed by atoms with Crippen LogP contribution in [0.1, 0.15) is 63.8 Å². The Hall–Kier alpha value is -4.82. The zero-order valence-corrected chi connectivity index (χ0v) is 28.1. The highest BCUT2D eigenvalue weighted by Crippen LogP contribution is 2.37. The van der Waals surface area contributed by atoms with Crippen molar-refractivity contribution in [3.63, 3.8) is 0 Å². The van der Waals surface area contributed by atoms with Crippen LogP contribution in [-0.4, -0.2) is 11.4 Å². The summed E-state index contributed by atoms with van der Waals surface area (Å²) in [7, 11) is 0. The molecule has 0 amide bonds. The molecular weight excluding hydrogens is 556 g/mol. The van der Waals surface area contributed by atoms with Gasteiger partial charge in [-0.25, -0.2) is 0 Å². The van der Waals surface area contributed by atoms with Crippen LogP contribution in [-0.2, 0) is 25.7 Å². The Morgan fingerprint density at radius 1 is 0.435 bits per heavy atom. The highest BCUT2D eigenvalue weighted by Gasteiger charge is 2.15. The van der Waals surface area contributed by atoms with Crippen molar-refractivity contribution in [1.82, 2.24) is 0 Å². The molecule has 0 aliphatic rings. The Balaban J connectivity index is 1.41. The zero-order chi connectivity index (χ0) is 32.2. The topological polar surface area (TPSA) is 24.7 Å². The van der Waals surface area contributed by atoms with Crippen LogP contribution < -0.4 is 0 Å². The molecule has 0 spiro atoms. The van der Waals surface area contributed by atoms with E-state index in [0.717, 1.165) is 48.5 Å². The lowest BCUT2D eigenvalue weighted by molar-refractivity contribution is 1.08. The van der Waals surface area contributed by atoms with Crippen LogP contribution in [0.2, 0.25) is 0 Å². The van der Waals surface area contributed by atoms with E-state index in [-0.39, 0.29) is 0 Å². The summed E-state index contributed by atoms with van der Waals surface area (Å²) in [6, 6.07) is 39.9. The van der Waals surface area contributed by atoms with Crippen molar-refractivity contribution >= 4 is 44.3 Å². The average Bonchev–Trinajstić information content (AvgIpc) is 3.11. The van der Waals surface area contributed by atoms with Gasteiger partial charge in [-0.3, -0.25) is 9.98 Å². The number of fused-ring (bicyclic) bond motifs is 2. The normalized spacial score (nSPS) is 12.3. The summed E-state index contributed by atoms with van der Waals surface area (Å²) in [6.45, 7) is 13.1. The molecule has 0 aliphatic heterocycles. The van der Waals surface area contributed by atoms with E-state index in [2.05, 4.69) is 151 Å². The lowest BCUT2D eigenvalue weighted by Crippen LogP contribution is -2.07. The number of rotatable bonds is 9. The van der Waals surface area contributed by atoms with Gasteiger partial charge in [0.15, 0.2) is 0 Å². The molecule has 0 unspecified atom stereocenters. The van der Waals surface area contributed by atoms with E-state index in [1.54, 1.807) is 0 Å². The number of aryl methyl sites for hydroxylation is 4. The van der Waals surface area contributed by atoms with Crippen LogP contribution >= 0.6 is 0 Å². The maximum absolute atomic E-state index is 5.29. The standard InChI is InChI=1S/C44H44N2/c1-7-31-25-37(41-23-15-19-35-17-11-13-21-39(35)41)26-32(8-2)43(31)45-29(5)30(6)46-44-33(9-3)27-38(28-34(44)10-4)42-24-16-20-36-18-12-14-22-40(36)42/h11-28H,7-10H2,1-6H3. The summed E-state index contributed by atoms with van der Waals surface area (Å²) in [5, 5.41) is 5.11. The molecule has 0 aliphatic carbocycles. The van der Waals surface area contributed by atoms with Gasteiger partial charge in [0, 0.05) is 0 Å². The van der Waals surface area contributed by atoms with Gasteiger partial charge in [0.05, 0.1) is 22.8 Å². The van der Waals surface area contributed by atoms with Crippen molar-refractivity contribution in [1.29, 1.82) is 0 Å². The highest BCUT2D eigenvalue weighted by atomic mass is 14.8. The average molecular weight is 601 g/mol. The Kier molecular flexibility index (Phi) is 9.26. The molecule has 0 aromatic heterocycles. The van der Waals surface area contributed by atoms with Gasteiger partial charge < -0.3 is 0 Å². The van der Waals surface area contributed by atoms with Gasteiger partial charge in [0.1, 0.15) is 0 Å². The molecule has 0 fully saturated rings. The molecule has 0 saturated carbocycles. The van der Waals surface area contributed by atoms with Crippen molar-refractivity contribution in [2.45, 2.75) is 67.2 Å². The Morgan fingerprint density at radius 3 is 1.11 bits per heavy atom. The predicted octanol–water partition coefficient (Wildman–Crippen LogP) is 12.5. The minimum absolute atomic E-state index is 0.920. The molecule has 0 N–H and O–H groups in total. The Morgan fingerprint density at radius 2 is 0.761 bits per heavy atom. The first-order valence-corrected chi connectivity index (χ1v) is 16.8. The quantitative estimate of drug-likeness (QED) is 0.148. The smallest absolute Gasteiger partial charge is 0.0697 e. The fraction of sp³-hybridized carbons (Fsp3) is 0.227. The predicted molar refractivity (Wildman–Crippen MR) is 202 cm³/mol. The number of hydrogen-bond acceptors (Lipinski definition) is 2. The Bertz CT molecular complexity index is 1900. The molecule has 0 heterocycles. The van der Waals surface area contributed by atoms with Gasteiger partial charge in [-0.15, -0.1) is 0 Å². The monoisotopic (exact) mass is 600 g/mol. The molecule has 0 bridgehead atoms. The van der Waals surface area contributed by atoms with Gasteiger partial charge >= 0.3 is 0 Å². The van der Waals surface area contributed by atoms with Gasteiger partial charge in [-0.2, -0.15) is 0 Å². The summed E-state index contributed by atoms with van der Waals surface area (Å²) in [5.41, 5.74) is 14.3. The summed E-state index contributed by atoms with van der Waals surface area (Å²) >= 11 is 0. The summed E-state index contributed by atoms with van der Waals surface area (Å²) in [4.78, 5) is 10.6. The van der Waals surface area contributed by atoms with Crippen LogP contribution in [0.5, 0.6) is 0 Å². The van der Waals surface area contributed by atoms with E-state index >= 15 is 0 Å². The third kappa shape index (κ3) is 6.05. The summed E-state index contributed by atoms with van der Waals surface area (Å²) in [5.74, 6) is 0. The van der Waals surface area contributed by atoms with Crippen LogP contribution in [0.25, 0.3) is 43.8 Å². The molecule has 230 valence electrons. The number of hydrogen-bond donors (Lipinski definition) is 0. The molecule has 2 nitrogen and oxygen atoms in total. The van der Waals surface area contributed by atoms with Gasteiger partial charge in [0.2, 0.25) is 0 Å². The third-order valence-electron chi connectivity index (χ3n) is 9.34. The fourth-order valence-electron chi connectivity index (χ4n) is 6.65. The molecule has 6 aromatic carbocycles. The first-order chi connectivity index (χ1) is 22.4. The van der Waals surface area contributed by atoms with E-state index in [1.807, 2.05) is 0 Å². The van der Waals surface area contributed by atoms with Crippen molar-refractivity contribution < 1.29 is 0 Å². The van der Waals surface area contributed by atoms with Gasteiger partial charge in [-0.1, -0.05) is 113 Å². The van der Waals surface area contributed by atoms with E-state index in [9.17, 15) is 0 Å². The van der Waals surface area contributed by atoms with Crippen LogP contribution in [0, 0.1) is 0 Å². The molecule has 6 rings (SSSR count). The van der Waals surface area contributed by atoms with Crippen LogP contribution in [0.4, 0.5) is 11.4 Å². The van der Waals surface area contributed by atoms with E-state index in [0.29, 0.717) is 0 Å². The van der Waals surface area contributed by atoms with Gasteiger partial charge in [0.25, 0.3) is 0 Å². The number of nitrogens with zero attached hydrogens (tertiary/aromatic N) is 2. The number of aliphatic imine (C=N–C) groups is 2. The lowest BCUT2D eigenvalue weighted by atomic mass is 9.92. The van der Waals surface area contributed by atoms with Crippen LogP contribution in [0.3, 0.4) is 0 Å². The largest absolute Gasteiger partial charge is 0.251 e. The molecule has 46 heavy (non-hydrogen) atoms.